The van der Waals surface area contributed by atoms with Crippen LogP contribution in [0.25, 0.3) is 22.0 Å². The summed E-state index contributed by atoms with van der Waals surface area (Å²) in [6.07, 6.45) is 5.58. The van der Waals surface area contributed by atoms with Gasteiger partial charge in [-0.15, -0.1) is 0 Å². The number of fused-ring (bicyclic) bond motifs is 1. The number of hydrogen-bond donors (Lipinski definition) is 1. The van der Waals surface area contributed by atoms with Crippen molar-refractivity contribution in [3.8, 4) is 16.9 Å². The van der Waals surface area contributed by atoms with Crippen LogP contribution in [0.5, 0.6) is 5.75 Å². The molecule has 1 saturated heterocycles. The van der Waals surface area contributed by atoms with Gasteiger partial charge in [-0.2, -0.15) is 0 Å². The van der Waals surface area contributed by atoms with Crippen molar-refractivity contribution in [3.63, 3.8) is 0 Å². The van der Waals surface area contributed by atoms with Crippen LogP contribution in [0, 0.1) is 0 Å². The van der Waals surface area contributed by atoms with E-state index >= 15 is 0 Å². The summed E-state index contributed by atoms with van der Waals surface area (Å²) in [5.74, 6) is 1.43. The van der Waals surface area contributed by atoms with Crippen molar-refractivity contribution in [2.24, 2.45) is 0 Å². The zero-order chi connectivity index (χ0) is 22.8. The highest BCUT2D eigenvalue weighted by Gasteiger charge is 2.16. The molecule has 1 aliphatic rings. The molecular formula is C25H25ClN6O. The fourth-order valence-corrected chi connectivity index (χ4v) is 4.23. The maximum Gasteiger partial charge on any atom is 0.225 e. The highest BCUT2D eigenvalue weighted by molar-refractivity contribution is 6.32. The quantitative estimate of drug-likeness (QED) is 0.456. The third-order valence-electron chi connectivity index (χ3n) is 5.93. The number of nitrogens with zero attached hydrogens (tertiary/aromatic N) is 5. The first-order chi connectivity index (χ1) is 16.1. The molecule has 8 heteroatoms. The third kappa shape index (κ3) is 4.55. The van der Waals surface area contributed by atoms with Crippen molar-refractivity contribution in [1.82, 2.24) is 19.9 Å². The monoisotopic (exact) mass is 460 g/mol. The van der Waals surface area contributed by atoms with Gasteiger partial charge in [0.1, 0.15) is 5.75 Å². The van der Waals surface area contributed by atoms with Gasteiger partial charge in [0.15, 0.2) is 0 Å². The Labute approximate surface area is 198 Å². The van der Waals surface area contributed by atoms with E-state index in [1.165, 1.54) is 0 Å². The van der Waals surface area contributed by atoms with Crippen LogP contribution >= 0.6 is 11.6 Å². The predicted octanol–water partition coefficient (Wildman–Crippen LogP) is 4.85. The second-order valence-electron chi connectivity index (χ2n) is 8.13. The number of anilines is 3. The lowest BCUT2D eigenvalue weighted by atomic mass is 10.1. The van der Waals surface area contributed by atoms with E-state index in [0.29, 0.717) is 10.8 Å². The highest BCUT2D eigenvalue weighted by Crippen LogP contribution is 2.32. The van der Waals surface area contributed by atoms with Gasteiger partial charge in [0.05, 0.1) is 17.6 Å². The number of pyridine rings is 1. The number of ether oxygens (including phenoxy) is 1. The van der Waals surface area contributed by atoms with Gasteiger partial charge in [-0.1, -0.05) is 23.7 Å². The Kier molecular flexibility index (Phi) is 5.98. The lowest BCUT2D eigenvalue weighted by Crippen LogP contribution is -2.45. The Bertz CT molecular complexity index is 1270. The van der Waals surface area contributed by atoms with Gasteiger partial charge in [-0.05, 0) is 42.9 Å². The smallest absolute Gasteiger partial charge is 0.225 e. The summed E-state index contributed by atoms with van der Waals surface area (Å²) < 4.78 is 5.24. The number of hydrogen-bond acceptors (Lipinski definition) is 7. The summed E-state index contributed by atoms with van der Waals surface area (Å²) in [5.41, 5.74) is 4.72. The molecule has 0 unspecified atom stereocenters. The first-order valence-electron chi connectivity index (χ1n) is 10.9. The highest BCUT2D eigenvalue weighted by atomic mass is 35.5. The number of benzene rings is 2. The molecule has 2 aromatic carbocycles. The van der Waals surface area contributed by atoms with Crippen LogP contribution < -0.4 is 15.0 Å². The van der Waals surface area contributed by atoms with Crippen molar-refractivity contribution in [3.05, 3.63) is 66.1 Å². The summed E-state index contributed by atoms with van der Waals surface area (Å²) >= 11 is 6.28. The topological polar surface area (TPSA) is 66.4 Å². The Hall–Kier alpha value is -3.42. The molecule has 0 radical (unpaired) electrons. The Morgan fingerprint density at radius 1 is 0.909 bits per heavy atom. The molecule has 168 valence electrons. The van der Waals surface area contributed by atoms with Crippen molar-refractivity contribution < 1.29 is 4.74 Å². The van der Waals surface area contributed by atoms with Crippen LogP contribution in [0.2, 0.25) is 5.02 Å². The van der Waals surface area contributed by atoms with E-state index in [0.717, 1.165) is 65.5 Å². The maximum atomic E-state index is 6.28. The van der Waals surface area contributed by atoms with Crippen LogP contribution in [-0.2, 0) is 0 Å². The SMILES string of the molecule is COc1ccc(Nc2ccnc3cc(-c4cnc(N5CCN(C)CC5)nc4)ccc23)cc1Cl. The van der Waals surface area contributed by atoms with Gasteiger partial charge in [0.25, 0.3) is 0 Å². The number of nitrogens with one attached hydrogen (secondary N) is 1. The van der Waals surface area contributed by atoms with E-state index in [1.54, 1.807) is 13.3 Å². The Morgan fingerprint density at radius 2 is 1.70 bits per heavy atom. The summed E-state index contributed by atoms with van der Waals surface area (Å²) in [4.78, 5) is 18.4. The van der Waals surface area contributed by atoms with Gasteiger partial charge in [0, 0.05) is 67.1 Å². The van der Waals surface area contributed by atoms with Gasteiger partial charge in [-0.3, -0.25) is 4.98 Å². The van der Waals surface area contributed by atoms with E-state index in [-0.39, 0.29) is 0 Å². The van der Waals surface area contributed by atoms with Gasteiger partial charge < -0.3 is 19.9 Å². The van der Waals surface area contributed by atoms with E-state index in [1.807, 2.05) is 36.7 Å². The zero-order valence-electron chi connectivity index (χ0n) is 18.6. The molecule has 0 spiro atoms. The van der Waals surface area contributed by atoms with Crippen LogP contribution in [0.1, 0.15) is 0 Å². The van der Waals surface area contributed by atoms with E-state index in [2.05, 4.69) is 55.3 Å². The second kappa shape index (κ2) is 9.21. The van der Waals surface area contributed by atoms with Crippen LogP contribution in [0.15, 0.2) is 61.1 Å². The fourth-order valence-electron chi connectivity index (χ4n) is 3.98. The first kappa shape index (κ1) is 21.4. The minimum atomic E-state index is 0.558. The Morgan fingerprint density at radius 3 is 2.42 bits per heavy atom. The van der Waals surface area contributed by atoms with Gasteiger partial charge >= 0.3 is 0 Å². The molecule has 1 aliphatic heterocycles. The average Bonchev–Trinajstić information content (AvgIpc) is 2.85. The van der Waals surface area contributed by atoms with Crippen LogP contribution in [0.3, 0.4) is 0 Å². The van der Waals surface area contributed by atoms with E-state index in [9.17, 15) is 0 Å². The molecule has 2 aromatic heterocycles. The van der Waals surface area contributed by atoms with Crippen LogP contribution in [0.4, 0.5) is 17.3 Å². The average molecular weight is 461 g/mol. The van der Waals surface area contributed by atoms with Crippen molar-refractivity contribution in [1.29, 1.82) is 0 Å². The minimum Gasteiger partial charge on any atom is -0.495 e. The first-order valence-corrected chi connectivity index (χ1v) is 11.2. The molecule has 0 atom stereocenters. The third-order valence-corrected chi connectivity index (χ3v) is 6.23. The van der Waals surface area contributed by atoms with Crippen molar-refractivity contribution in [2.75, 3.05) is 50.6 Å². The number of piperazine rings is 1. The molecular weight excluding hydrogens is 436 g/mol. The summed E-state index contributed by atoms with van der Waals surface area (Å²) in [5, 5.41) is 5.01. The number of aromatic nitrogens is 3. The van der Waals surface area contributed by atoms with Crippen molar-refractivity contribution >= 4 is 39.8 Å². The fraction of sp³-hybridized carbons (Fsp3) is 0.240. The molecule has 7 nitrogen and oxygen atoms in total. The number of methoxy groups -OCH3 is 1. The number of likely N-dealkylation sites (N-methyl/N-ethyl adjacent to an activating group) is 1. The van der Waals surface area contributed by atoms with Gasteiger partial charge in [-0.25, -0.2) is 9.97 Å². The van der Waals surface area contributed by atoms with E-state index < -0.39 is 0 Å². The standard InChI is InChI=1S/C25H25ClN6O/c1-31-9-11-32(12-10-31)25-28-15-18(16-29-25)17-3-5-20-22(7-8-27-23(20)13-17)30-19-4-6-24(33-2)21(26)14-19/h3-8,13-16H,9-12H2,1-2H3,(H,27,30). The number of rotatable bonds is 5. The summed E-state index contributed by atoms with van der Waals surface area (Å²) in [6, 6.07) is 13.8. The van der Waals surface area contributed by atoms with Crippen molar-refractivity contribution in [2.45, 2.75) is 0 Å². The zero-order valence-corrected chi connectivity index (χ0v) is 19.4. The molecule has 0 bridgehead atoms. The number of halogens is 1. The predicted molar refractivity (Wildman–Crippen MR) is 134 cm³/mol. The molecule has 33 heavy (non-hydrogen) atoms. The minimum absolute atomic E-state index is 0.558. The molecule has 0 aliphatic carbocycles. The van der Waals surface area contributed by atoms with Crippen LogP contribution in [-0.4, -0.2) is 60.2 Å². The second-order valence-corrected chi connectivity index (χ2v) is 8.53. The summed E-state index contributed by atoms with van der Waals surface area (Å²) in [7, 11) is 3.75. The summed E-state index contributed by atoms with van der Waals surface area (Å²) in [6.45, 7) is 3.96. The normalized spacial score (nSPS) is 14.5. The lowest BCUT2D eigenvalue weighted by Gasteiger charge is -2.32. The molecule has 0 amide bonds. The maximum absolute atomic E-state index is 6.28. The largest absolute Gasteiger partial charge is 0.495 e. The molecule has 3 heterocycles. The molecule has 1 N–H and O–H groups in total. The Balaban J connectivity index is 1.38. The van der Waals surface area contributed by atoms with E-state index in [4.69, 9.17) is 16.3 Å². The van der Waals surface area contributed by atoms with Gasteiger partial charge in [0.2, 0.25) is 5.95 Å². The molecule has 1 fully saturated rings. The molecule has 0 saturated carbocycles. The lowest BCUT2D eigenvalue weighted by molar-refractivity contribution is 0.311. The molecule has 5 rings (SSSR count). The molecule has 4 aromatic rings.